The van der Waals surface area contributed by atoms with Gasteiger partial charge >= 0.3 is 0 Å². The van der Waals surface area contributed by atoms with Crippen molar-refractivity contribution in [1.29, 1.82) is 0 Å². The van der Waals surface area contributed by atoms with Crippen molar-refractivity contribution in [2.75, 3.05) is 23.3 Å². The number of hydrogen-bond donors (Lipinski definition) is 2. The van der Waals surface area contributed by atoms with E-state index in [0.29, 0.717) is 24.5 Å². The van der Waals surface area contributed by atoms with Crippen LogP contribution in [0.2, 0.25) is 0 Å². The van der Waals surface area contributed by atoms with Crippen molar-refractivity contribution in [3.63, 3.8) is 0 Å². The van der Waals surface area contributed by atoms with E-state index < -0.39 is 6.04 Å². The van der Waals surface area contributed by atoms with Crippen LogP contribution in [-0.2, 0) is 9.59 Å². The number of rotatable bonds is 4. The molecule has 146 valence electrons. The van der Waals surface area contributed by atoms with Crippen LogP contribution in [0.4, 0.5) is 11.6 Å². The maximum atomic E-state index is 12.1. The largest absolute Gasteiger partial charge is 0.358 e. The van der Waals surface area contributed by atoms with Crippen molar-refractivity contribution in [2.45, 2.75) is 44.6 Å². The molecule has 4 rings (SSSR count). The Hall–Kier alpha value is -2.96. The first-order valence-electron chi connectivity index (χ1n) is 9.99. The molecule has 3 heterocycles. The Morgan fingerprint density at radius 3 is 2.46 bits per heavy atom. The molecule has 0 spiro atoms. The smallest absolute Gasteiger partial charge is 0.249 e. The van der Waals surface area contributed by atoms with Gasteiger partial charge in [0.15, 0.2) is 5.82 Å². The highest BCUT2D eigenvalue weighted by Crippen LogP contribution is 2.25. The highest BCUT2D eigenvalue weighted by atomic mass is 16.2. The Bertz CT molecular complexity index is 847. The first kappa shape index (κ1) is 18.4. The second-order valence-electron chi connectivity index (χ2n) is 7.35. The van der Waals surface area contributed by atoms with Gasteiger partial charge in [0.2, 0.25) is 11.8 Å². The molecule has 1 aromatic heterocycles. The van der Waals surface area contributed by atoms with Crippen LogP contribution in [0.5, 0.6) is 0 Å². The molecule has 2 fully saturated rings. The summed E-state index contributed by atoms with van der Waals surface area (Å²) in [5.74, 6) is 1.61. The summed E-state index contributed by atoms with van der Waals surface area (Å²) in [6.07, 6.45) is 5.59. The maximum absolute atomic E-state index is 12.1. The van der Waals surface area contributed by atoms with Crippen molar-refractivity contribution < 1.29 is 9.59 Å². The van der Waals surface area contributed by atoms with E-state index in [1.165, 1.54) is 12.8 Å². The van der Waals surface area contributed by atoms with Crippen molar-refractivity contribution in [2.24, 2.45) is 0 Å². The predicted octanol–water partition coefficient (Wildman–Crippen LogP) is 2.74. The zero-order valence-electron chi connectivity index (χ0n) is 15.9. The Labute approximate surface area is 164 Å². The van der Waals surface area contributed by atoms with Crippen LogP contribution in [-0.4, -0.2) is 40.9 Å². The van der Waals surface area contributed by atoms with E-state index in [-0.39, 0.29) is 11.8 Å². The second kappa shape index (κ2) is 8.37. The van der Waals surface area contributed by atoms with E-state index in [1.807, 2.05) is 36.4 Å². The van der Waals surface area contributed by atoms with E-state index in [0.717, 1.165) is 37.3 Å². The minimum atomic E-state index is -0.465. The summed E-state index contributed by atoms with van der Waals surface area (Å²) >= 11 is 0. The first-order chi connectivity index (χ1) is 13.7. The lowest BCUT2D eigenvalue weighted by atomic mass is 10.1. The lowest BCUT2D eigenvalue weighted by Crippen LogP contribution is -2.47. The van der Waals surface area contributed by atoms with Crippen LogP contribution in [0.3, 0.4) is 0 Å². The Morgan fingerprint density at radius 2 is 1.75 bits per heavy atom. The van der Waals surface area contributed by atoms with Crippen LogP contribution in [0, 0.1) is 0 Å². The molecule has 2 saturated heterocycles. The first-order valence-corrected chi connectivity index (χ1v) is 9.99. The fourth-order valence-electron chi connectivity index (χ4n) is 3.70. The van der Waals surface area contributed by atoms with Gasteiger partial charge in [0.25, 0.3) is 0 Å². The number of nitrogens with one attached hydrogen (secondary N) is 2. The summed E-state index contributed by atoms with van der Waals surface area (Å²) in [5, 5.41) is 5.60. The number of imide groups is 1. The monoisotopic (exact) mass is 379 g/mol. The molecule has 0 saturated carbocycles. The fraction of sp³-hybridized carbons (Fsp3) is 0.429. The molecule has 28 heavy (non-hydrogen) atoms. The van der Waals surface area contributed by atoms with Crippen molar-refractivity contribution in [3.8, 4) is 11.4 Å². The number of piperidine rings is 1. The average Bonchev–Trinajstić information content (AvgIpc) is 3.00. The molecule has 2 aliphatic heterocycles. The van der Waals surface area contributed by atoms with Gasteiger partial charge in [0.05, 0.1) is 0 Å². The summed E-state index contributed by atoms with van der Waals surface area (Å²) in [5.41, 5.74) is 0.936. The number of anilines is 2. The van der Waals surface area contributed by atoms with Crippen LogP contribution in [0.1, 0.15) is 38.5 Å². The zero-order valence-corrected chi connectivity index (χ0v) is 15.9. The predicted molar refractivity (Wildman–Crippen MR) is 108 cm³/mol. The SMILES string of the molecule is O=C1CCC(Nc2cc(N3CCCCCC3)nc(-c3ccccc3)n2)C(=O)N1. The molecule has 2 N–H and O–H groups in total. The van der Waals surface area contributed by atoms with Gasteiger partial charge in [-0.3, -0.25) is 14.9 Å². The lowest BCUT2D eigenvalue weighted by molar-refractivity contribution is -0.133. The summed E-state index contributed by atoms with van der Waals surface area (Å²) < 4.78 is 0. The molecule has 7 nitrogen and oxygen atoms in total. The van der Waals surface area contributed by atoms with Crippen molar-refractivity contribution >= 4 is 23.5 Å². The highest BCUT2D eigenvalue weighted by Gasteiger charge is 2.27. The van der Waals surface area contributed by atoms with Gasteiger partial charge in [0.1, 0.15) is 17.7 Å². The van der Waals surface area contributed by atoms with E-state index in [1.54, 1.807) is 0 Å². The number of amides is 2. The van der Waals surface area contributed by atoms with Crippen LogP contribution in [0.25, 0.3) is 11.4 Å². The Kier molecular flexibility index (Phi) is 5.50. The molecule has 0 aliphatic carbocycles. The second-order valence-corrected chi connectivity index (χ2v) is 7.35. The third-order valence-electron chi connectivity index (χ3n) is 5.24. The highest BCUT2D eigenvalue weighted by molar-refractivity contribution is 6.01. The van der Waals surface area contributed by atoms with Gasteiger partial charge in [-0.1, -0.05) is 43.2 Å². The third-order valence-corrected chi connectivity index (χ3v) is 5.24. The van der Waals surface area contributed by atoms with Crippen molar-refractivity contribution in [3.05, 3.63) is 36.4 Å². The number of nitrogens with zero attached hydrogens (tertiary/aromatic N) is 3. The van der Waals surface area contributed by atoms with Crippen LogP contribution < -0.4 is 15.5 Å². The summed E-state index contributed by atoms with van der Waals surface area (Å²) in [4.78, 5) is 35.3. The van der Waals surface area contributed by atoms with E-state index >= 15 is 0 Å². The molecular formula is C21H25N5O2. The molecule has 1 atom stereocenters. The van der Waals surface area contributed by atoms with E-state index in [9.17, 15) is 9.59 Å². The number of benzene rings is 1. The molecular weight excluding hydrogens is 354 g/mol. The van der Waals surface area contributed by atoms with E-state index in [2.05, 4.69) is 20.5 Å². The summed E-state index contributed by atoms with van der Waals surface area (Å²) in [6.45, 7) is 1.95. The normalized spacial score (nSPS) is 20.4. The lowest BCUT2D eigenvalue weighted by Gasteiger charge is -2.25. The quantitative estimate of drug-likeness (QED) is 0.795. The number of aromatic nitrogens is 2. The van der Waals surface area contributed by atoms with Gasteiger partial charge in [0, 0.05) is 31.1 Å². The number of carbonyl (C=O) groups is 2. The molecule has 2 aliphatic rings. The van der Waals surface area contributed by atoms with Gasteiger partial charge < -0.3 is 10.2 Å². The van der Waals surface area contributed by atoms with Crippen LogP contribution >= 0.6 is 0 Å². The van der Waals surface area contributed by atoms with Crippen molar-refractivity contribution in [1.82, 2.24) is 15.3 Å². The zero-order chi connectivity index (χ0) is 19.3. The Balaban J connectivity index is 1.65. The minimum Gasteiger partial charge on any atom is -0.358 e. The van der Waals surface area contributed by atoms with Gasteiger partial charge in [-0.05, 0) is 19.3 Å². The Morgan fingerprint density at radius 1 is 1.00 bits per heavy atom. The van der Waals surface area contributed by atoms with Gasteiger partial charge in [-0.2, -0.15) is 0 Å². The molecule has 2 aromatic rings. The van der Waals surface area contributed by atoms with Gasteiger partial charge in [-0.15, -0.1) is 0 Å². The topological polar surface area (TPSA) is 87.2 Å². The maximum Gasteiger partial charge on any atom is 0.249 e. The molecule has 1 unspecified atom stereocenters. The van der Waals surface area contributed by atoms with E-state index in [4.69, 9.17) is 4.98 Å². The molecule has 2 amide bonds. The molecule has 1 aromatic carbocycles. The molecule has 0 radical (unpaired) electrons. The number of carbonyl (C=O) groups excluding carboxylic acids is 2. The summed E-state index contributed by atoms with van der Waals surface area (Å²) in [6, 6.07) is 11.3. The molecule has 0 bridgehead atoms. The summed E-state index contributed by atoms with van der Waals surface area (Å²) in [7, 11) is 0. The minimum absolute atomic E-state index is 0.221. The molecule has 7 heteroatoms. The standard InChI is InChI=1S/C21H25N5O2/c27-19-11-10-16(21(28)25-19)22-17-14-18(26-12-6-1-2-7-13-26)24-20(23-17)15-8-4-3-5-9-15/h3-5,8-9,14,16H,1-2,6-7,10-13H2,(H,22,23,24)(H,25,27,28). The fourth-order valence-corrected chi connectivity index (χ4v) is 3.70. The number of hydrogen-bond acceptors (Lipinski definition) is 6. The average molecular weight is 379 g/mol. The van der Waals surface area contributed by atoms with Crippen LogP contribution in [0.15, 0.2) is 36.4 Å². The van der Waals surface area contributed by atoms with Gasteiger partial charge in [-0.25, -0.2) is 9.97 Å². The third kappa shape index (κ3) is 4.30.